The molecule has 0 fully saturated rings. The Kier molecular flexibility index (Phi) is 6.38. The largest absolute Gasteiger partial charge is 0.465 e. The van der Waals surface area contributed by atoms with Crippen LogP contribution >= 0.6 is 0 Å². The zero-order valence-corrected chi connectivity index (χ0v) is 11.8. The van der Waals surface area contributed by atoms with Gasteiger partial charge in [0, 0.05) is 0 Å². The van der Waals surface area contributed by atoms with Gasteiger partial charge in [-0.3, -0.25) is 0 Å². The molecule has 0 saturated heterocycles. The van der Waals surface area contributed by atoms with E-state index in [-0.39, 0.29) is 12.3 Å². The van der Waals surface area contributed by atoms with E-state index in [0.717, 1.165) is 25.3 Å². The minimum Gasteiger partial charge on any atom is -0.465 e. The van der Waals surface area contributed by atoms with Crippen molar-refractivity contribution in [2.45, 2.75) is 33.2 Å². The maximum Gasteiger partial charge on any atom is 0.212 e. The number of furan rings is 1. The summed E-state index contributed by atoms with van der Waals surface area (Å²) in [7, 11) is -3.20. The van der Waals surface area contributed by atoms with Crippen molar-refractivity contribution >= 4 is 10.0 Å². The van der Waals surface area contributed by atoms with Gasteiger partial charge < -0.3 is 9.73 Å². The van der Waals surface area contributed by atoms with E-state index < -0.39 is 10.0 Å². The van der Waals surface area contributed by atoms with Crippen LogP contribution in [0.4, 0.5) is 0 Å². The van der Waals surface area contributed by atoms with E-state index in [1.54, 1.807) is 6.07 Å². The zero-order chi connectivity index (χ0) is 13.4. The summed E-state index contributed by atoms with van der Waals surface area (Å²) in [5.41, 5.74) is 0. The van der Waals surface area contributed by atoms with Gasteiger partial charge in [-0.2, -0.15) is 0 Å². The SMILES string of the molecule is CCNCCCCS(=O)(=O)NCc1ccc(C)o1. The predicted molar refractivity (Wildman–Crippen MR) is 71.8 cm³/mol. The van der Waals surface area contributed by atoms with Crippen LogP contribution in [0.2, 0.25) is 0 Å². The second-order valence-corrected chi connectivity index (χ2v) is 6.14. The highest BCUT2D eigenvalue weighted by Crippen LogP contribution is 2.06. The van der Waals surface area contributed by atoms with Crippen molar-refractivity contribution in [3.63, 3.8) is 0 Å². The van der Waals surface area contributed by atoms with E-state index in [9.17, 15) is 8.42 Å². The Morgan fingerprint density at radius 2 is 2.06 bits per heavy atom. The molecule has 0 unspecified atom stereocenters. The summed E-state index contributed by atoms with van der Waals surface area (Å²) < 4.78 is 31.2. The lowest BCUT2D eigenvalue weighted by Gasteiger charge is -2.05. The molecule has 1 aromatic heterocycles. The Labute approximate surface area is 109 Å². The first kappa shape index (κ1) is 15.2. The van der Waals surface area contributed by atoms with Crippen molar-refractivity contribution in [2.75, 3.05) is 18.8 Å². The maximum atomic E-state index is 11.7. The Morgan fingerprint density at radius 3 is 2.67 bits per heavy atom. The first-order valence-electron chi connectivity index (χ1n) is 6.27. The standard InChI is InChI=1S/C12H22N2O3S/c1-3-13-8-4-5-9-18(15,16)14-10-12-7-6-11(2)17-12/h6-7,13-14H,3-5,8-10H2,1-2H3. The maximum absolute atomic E-state index is 11.7. The lowest BCUT2D eigenvalue weighted by Crippen LogP contribution is -2.26. The van der Waals surface area contributed by atoms with Crippen molar-refractivity contribution < 1.29 is 12.8 Å². The topological polar surface area (TPSA) is 71.3 Å². The molecule has 18 heavy (non-hydrogen) atoms. The van der Waals surface area contributed by atoms with Gasteiger partial charge in [-0.25, -0.2) is 13.1 Å². The Hall–Kier alpha value is -0.850. The highest BCUT2D eigenvalue weighted by Gasteiger charge is 2.10. The van der Waals surface area contributed by atoms with Gasteiger partial charge in [0.25, 0.3) is 0 Å². The fourth-order valence-corrected chi connectivity index (χ4v) is 2.64. The van der Waals surface area contributed by atoms with Crippen molar-refractivity contribution in [1.29, 1.82) is 0 Å². The molecule has 5 nitrogen and oxygen atoms in total. The molecule has 0 radical (unpaired) electrons. The third-order valence-corrected chi connectivity index (χ3v) is 3.94. The second kappa shape index (κ2) is 7.56. The van der Waals surface area contributed by atoms with Gasteiger partial charge in [-0.15, -0.1) is 0 Å². The van der Waals surface area contributed by atoms with Crippen LogP contribution < -0.4 is 10.0 Å². The molecule has 104 valence electrons. The van der Waals surface area contributed by atoms with Crippen LogP contribution in [0, 0.1) is 6.92 Å². The van der Waals surface area contributed by atoms with Gasteiger partial charge in [0.2, 0.25) is 10.0 Å². The molecule has 0 aliphatic carbocycles. The lowest BCUT2D eigenvalue weighted by molar-refractivity contribution is 0.475. The quantitative estimate of drug-likeness (QED) is 0.668. The molecule has 0 aliphatic rings. The second-order valence-electron chi connectivity index (χ2n) is 4.21. The first-order valence-corrected chi connectivity index (χ1v) is 7.92. The summed E-state index contributed by atoms with van der Waals surface area (Å²) in [6.07, 6.45) is 1.54. The number of sulfonamides is 1. The number of nitrogens with one attached hydrogen (secondary N) is 2. The fourth-order valence-electron chi connectivity index (χ4n) is 1.55. The number of unbranched alkanes of at least 4 members (excludes halogenated alkanes) is 1. The minimum atomic E-state index is -3.20. The number of aryl methyl sites for hydroxylation is 1. The molecule has 2 N–H and O–H groups in total. The van der Waals surface area contributed by atoms with Crippen molar-refractivity contribution in [1.82, 2.24) is 10.0 Å². The van der Waals surface area contributed by atoms with E-state index in [2.05, 4.69) is 10.0 Å². The normalized spacial score (nSPS) is 11.9. The molecule has 0 bridgehead atoms. The molecule has 0 atom stereocenters. The Balaban J connectivity index is 2.23. The van der Waals surface area contributed by atoms with Crippen LogP contribution in [0.1, 0.15) is 31.3 Å². The van der Waals surface area contributed by atoms with E-state index in [1.807, 2.05) is 19.9 Å². The highest BCUT2D eigenvalue weighted by atomic mass is 32.2. The van der Waals surface area contributed by atoms with E-state index in [4.69, 9.17) is 4.42 Å². The van der Waals surface area contributed by atoms with Gasteiger partial charge in [-0.05, 0) is 45.0 Å². The molecule has 0 aliphatic heterocycles. The summed E-state index contributed by atoms with van der Waals surface area (Å²) in [4.78, 5) is 0. The molecule has 0 spiro atoms. The predicted octanol–water partition coefficient (Wildman–Crippen LogP) is 1.40. The lowest BCUT2D eigenvalue weighted by atomic mass is 10.3. The van der Waals surface area contributed by atoms with Gasteiger partial charge in [-0.1, -0.05) is 6.92 Å². The Bertz CT molecular complexity index is 440. The summed E-state index contributed by atoms with van der Waals surface area (Å²) in [6.45, 7) is 5.87. The molecular formula is C12H22N2O3S. The van der Waals surface area contributed by atoms with Crippen LogP contribution in [0.15, 0.2) is 16.5 Å². The molecule has 0 saturated carbocycles. The van der Waals surface area contributed by atoms with Gasteiger partial charge in [0.15, 0.2) is 0 Å². The highest BCUT2D eigenvalue weighted by molar-refractivity contribution is 7.89. The minimum absolute atomic E-state index is 0.165. The van der Waals surface area contributed by atoms with Crippen LogP contribution in [-0.2, 0) is 16.6 Å². The van der Waals surface area contributed by atoms with Crippen LogP contribution in [0.25, 0.3) is 0 Å². The fraction of sp³-hybridized carbons (Fsp3) is 0.667. The third kappa shape index (κ3) is 6.18. The molecule has 1 rings (SSSR count). The van der Waals surface area contributed by atoms with Crippen LogP contribution in [0.3, 0.4) is 0 Å². The average Bonchev–Trinajstić information content (AvgIpc) is 2.73. The third-order valence-electron chi connectivity index (χ3n) is 2.53. The molecule has 0 aromatic carbocycles. The van der Waals surface area contributed by atoms with Crippen LogP contribution in [-0.4, -0.2) is 27.3 Å². The number of hydrogen-bond donors (Lipinski definition) is 2. The first-order chi connectivity index (χ1) is 8.53. The van der Waals surface area contributed by atoms with Crippen molar-refractivity contribution in [3.8, 4) is 0 Å². The summed E-state index contributed by atoms with van der Waals surface area (Å²) in [5.74, 6) is 1.59. The van der Waals surface area contributed by atoms with E-state index in [1.165, 1.54) is 0 Å². The monoisotopic (exact) mass is 274 g/mol. The summed E-state index contributed by atoms with van der Waals surface area (Å²) >= 11 is 0. The summed E-state index contributed by atoms with van der Waals surface area (Å²) in [6, 6.07) is 3.60. The zero-order valence-electron chi connectivity index (χ0n) is 11.0. The molecular weight excluding hydrogens is 252 g/mol. The smallest absolute Gasteiger partial charge is 0.212 e. The Morgan fingerprint density at radius 1 is 1.28 bits per heavy atom. The molecule has 6 heteroatoms. The van der Waals surface area contributed by atoms with E-state index in [0.29, 0.717) is 12.2 Å². The average molecular weight is 274 g/mol. The molecule has 1 aromatic rings. The molecule has 0 amide bonds. The van der Waals surface area contributed by atoms with E-state index >= 15 is 0 Å². The van der Waals surface area contributed by atoms with Gasteiger partial charge in [0.05, 0.1) is 12.3 Å². The number of hydrogen-bond acceptors (Lipinski definition) is 4. The van der Waals surface area contributed by atoms with Gasteiger partial charge in [0.1, 0.15) is 11.5 Å². The summed E-state index contributed by atoms with van der Waals surface area (Å²) in [5, 5.41) is 3.16. The van der Waals surface area contributed by atoms with Gasteiger partial charge >= 0.3 is 0 Å². The van der Waals surface area contributed by atoms with Crippen molar-refractivity contribution in [3.05, 3.63) is 23.7 Å². The molecule has 1 heterocycles. The number of rotatable bonds is 9. The van der Waals surface area contributed by atoms with Crippen molar-refractivity contribution in [2.24, 2.45) is 0 Å². The van der Waals surface area contributed by atoms with Crippen LogP contribution in [0.5, 0.6) is 0 Å².